The molecule has 0 saturated carbocycles. The Morgan fingerprint density at radius 2 is 1.64 bits per heavy atom. The minimum atomic E-state index is -1.01. The molecule has 33 heavy (non-hydrogen) atoms. The number of nitrogens with zero attached hydrogens (tertiary/aromatic N) is 2. The molecule has 0 amide bonds. The van der Waals surface area contributed by atoms with Gasteiger partial charge in [0.05, 0.1) is 17.9 Å². The highest BCUT2D eigenvalue weighted by atomic mass is 19.1. The van der Waals surface area contributed by atoms with E-state index in [0.717, 1.165) is 16.7 Å². The summed E-state index contributed by atoms with van der Waals surface area (Å²) in [5.41, 5.74) is 3.43. The molecule has 0 spiro atoms. The largest absolute Gasteiger partial charge is 0.478 e. The quantitative estimate of drug-likeness (QED) is 0.380. The van der Waals surface area contributed by atoms with Crippen molar-refractivity contribution < 1.29 is 18.7 Å². The zero-order valence-corrected chi connectivity index (χ0v) is 17.8. The van der Waals surface area contributed by atoms with Crippen molar-refractivity contribution in [3.63, 3.8) is 0 Å². The van der Waals surface area contributed by atoms with Gasteiger partial charge in [-0.3, -0.25) is 0 Å². The van der Waals surface area contributed by atoms with Crippen molar-refractivity contribution in [3.8, 4) is 0 Å². The van der Waals surface area contributed by atoms with Crippen LogP contribution in [0.5, 0.6) is 0 Å². The minimum Gasteiger partial charge on any atom is -0.478 e. The van der Waals surface area contributed by atoms with Gasteiger partial charge in [0, 0.05) is 25.5 Å². The number of aromatic carboxylic acids is 1. The van der Waals surface area contributed by atoms with E-state index in [-0.39, 0.29) is 23.2 Å². The van der Waals surface area contributed by atoms with Crippen molar-refractivity contribution in [2.45, 2.75) is 25.6 Å². The molecule has 7 heteroatoms. The highest BCUT2D eigenvalue weighted by Gasteiger charge is 2.15. The maximum Gasteiger partial charge on any atom is 0.335 e. The lowest BCUT2D eigenvalue weighted by Crippen LogP contribution is -2.25. The van der Waals surface area contributed by atoms with Gasteiger partial charge in [-0.25, -0.2) is 18.6 Å². The van der Waals surface area contributed by atoms with Crippen LogP contribution < -0.4 is 5.32 Å². The summed E-state index contributed by atoms with van der Waals surface area (Å²) in [5.74, 6) is -1.64. The summed E-state index contributed by atoms with van der Waals surface area (Å²) in [6.07, 6.45) is 5.66. The zero-order chi connectivity index (χ0) is 23.2. The summed E-state index contributed by atoms with van der Waals surface area (Å²) in [6, 6.07) is 17.6. The number of hydrogen-bond donors (Lipinski definition) is 2. The van der Waals surface area contributed by atoms with Gasteiger partial charge in [0.2, 0.25) is 0 Å². The third-order valence-electron chi connectivity index (χ3n) is 5.49. The monoisotopic (exact) mass is 447 g/mol. The Bertz CT molecular complexity index is 1210. The number of nitrogens with one attached hydrogen (secondary N) is 1. The van der Waals surface area contributed by atoms with Crippen molar-refractivity contribution in [2.24, 2.45) is 0 Å². The number of rotatable bonds is 9. The molecule has 2 N–H and O–H groups in total. The Hall–Kier alpha value is -3.84. The fourth-order valence-corrected chi connectivity index (χ4v) is 3.74. The Labute approximate surface area is 190 Å². The molecule has 0 radical (unpaired) electrons. The third-order valence-corrected chi connectivity index (χ3v) is 5.49. The van der Waals surface area contributed by atoms with E-state index in [1.165, 1.54) is 24.3 Å². The van der Waals surface area contributed by atoms with Gasteiger partial charge in [0.25, 0.3) is 0 Å². The SMILES string of the molecule is O=C(O)c1cc(CNC(Cn2ccnc2)c2ccc(F)cc2)ccc1Cc1ccc(F)cc1. The molecular formula is C26H23F2N3O2. The van der Waals surface area contributed by atoms with Crippen LogP contribution in [0.3, 0.4) is 0 Å². The lowest BCUT2D eigenvalue weighted by atomic mass is 9.97. The van der Waals surface area contributed by atoms with E-state index >= 15 is 0 Å². The fraction of sp³-hybridized carbons (Fsp3) is 0.154. The fourth-order valence-electron chi connectivity index (χ4n) is 3.74. The second-order valence-corrected chi connectivity index (χ2v) is 7.84. The summed E-state index contributed by atoms with van der Waals surface area (Å²) in [6.45, 7) is 1.01. The number of aromatic nitrogens is 2. The van der Waals surface area contributed by atoms with Crippen molar-refractivity contribution >= 4 is 5.97 Å². The molecule has 1 aromatic heterocycles. The standard InChI is InChI=1S/C26H23F2N3O2/c27-22-7-2-18(3-8-22)13-21-4-1-19(14-24(21)26(32)33)15-30-25(16-31-12-11-29-17-31)20-5-9-23(28)10-6-20/h1-12,14,17,25,30H,13,15-16H2,(H,32,33). The second kappa shape index (κ2) is 10.2. The van der Waals surface area contributed by atoms with E-state index in [2.05, 4.69) is 10.3 Å². The Morgan fingerprint density at radius 1 is 0.970 bits per heavy atom. The van der Waals surface area contributed by atoms with E-state index in [1.54, 1.807) is 48.9 Å². The van der Waals surface area contributed by atoms with Crippen molar-refractivity contribution in [2.75, 3.05) is 0 Å². The van der Waals surface area contributed by atoms with Gasteiger partial charge in [-0.2, -0.15) is 0 Å². The molecule has 5 nitrogen and oxygen atoms in total. The van der Waals surface area contributed by atoms with Crippen LogP contribution in [0.2, 0.25) is 0 Å². The van der Waals surface area contributed by atoms with E-state index in [9.17, 15) is 18.7 Å². The summed E-state index contributed by atoms with van der Waals surface area (Å²) in [5, 5.41) is 13.2. The number of imidazole rings is 1. The van der Waals surface area contributed by atoms with Crippen LogP contribution in [0.15, 0.2) is 85.5 Å². The average Bonchev–Trinajstić information content (AvgIpc) is 3.32. The normalized spacial score (nSPS) is 11.9. The van der Waals surface area contributed by atoms with E-state index < -0.39 is 5.97 Å². The van der Waals surface area contributed by atoms with Crippen LogP contribution in [0.4, 0.5) is 8.78 Å². The number of benzene rings is 3. The highest BCUT2D eigenvalue weighted by molar-refractivity contribution is 5.89. The minimum absolute atomic E-state index is 0.132. The molecule has 0 aliphatic heterocycles. The molecule has 0 saturated heterocycles. The van der Waals surface area contributed by atoms with Gasteiger partial charge in [0.1, 0.15) is 11.6 Å². The third kappa shape index (κ3) is 5.90. The first-order valence-electron chi connectivity index (χ1n) is 10.5. The molecule has 0 aliphatic rings. The van der Waals surface area contributed by atoms with E-state index in [4.69, 9.17) is 0 Å². The average molecular weight is 447 g/mol. The second-order valence-electron chi connectivity index (χ2n) is 7.84. The Morgan fingerprint density at radius 3 is 2.27 bits per heavy atom. The van der Waals surface area contributed by atoms with Crippen molar-refractivity contribution in [1.82, 2.24) is 14.9 Å². The van der Waals surface area contributed by atoms with Gasteiger partial charge in [-0.15, -0.1) is 0 Å². The van der Waals surface area contributed by atoms with Gasteiger partial charge in [-0.05, 0) is 59.0 Å². The van der Waals surface area contributed by atoms with Crippen LogP contribution in [0.1, 0.15) is 38.7 Å². The highest BCUT2D eigenvalue weighted by Crippen LogP contribution is 2.20. The van der Waals surface area contributed by atoms with Gasteiger partial charge < -0.3 is 15.0 Å². The molecule has 168 valence electrons. The van der Waals surface area contributed by atoms with E-state index in [1.807, 2.05) is 16.8 Å². The molecule has 0 bridgehead atoms. The van der Waals surface area contributed by atoms with Crippen LogP contribution in [0, 0.1) is 11.6 Å². The molecule has 1 unspecified atom stereocenters. The summed E-state index contributed by atoms with van der Waals surface area (Å²) < 4.78 is 28.5. The lowest BCUT2D eigenvalue weighted by Gasteiger charge is -2.20. The van der Waals surface area contributed by atoms with E-state index in [0.29, 0.717) is 25.1 Å². The Kier molecular flexibility index (Phi) is 6.90. The summed E-state index contributed by atoms with van der Waals surface area (Å²) in [4.78, 5) is 16.0. The number of hydrogen-bond acceptors (Lipinski definition) is 3. The number of carboxylic acid groups (broad SMARTS) is 1. The first-order chi connectivity index (χ1) is 16.0. The molecule has 0 fully saturated rings. The smallest absolute Gasteiger partial charge is 0.335 e. The van der Waals surface area contributed by atoms with Gasteiger partial charge >= 0.3 is 5.97 Å². The maximum absolute atomic E-state index is 13.4. The van der Waals surface area contributed by atoms with Crippen LogP contribution in [0.25, 0.3) is 0 Å². The predicted molar refractivity (Wildman–Crippen MR) is 121 cm³/mol. The topological polar surface area (TPSA) is 67.2 Å². The molecule has 4 aromatic rings. The first kappa shape index (κ1) is 22.4. The van der Waals surface area contributed by atoms with Gasteiger partial charge in [-0.1, -0.05) is 36.4 Å². The number of halogens is 2. The first-order valence-corrected chi connectivity index (χ1v) is 10.5. The zero-order valence-electron chi connectivity index (χ0n) is 17.8. The van der Waals surface area contributed by atoms with Crippen LogP contribution in [-0.4, -0.2) is 20.6 Å². The molecule has 1 heterocycles. The molecular weight excluding hydrogens is 424 g/mol. The number of carboxylic acids is 1. The Balaban J connectivity index is 1.52. The summed E-state index contributed by atoms with van der Waals surface area (Å²) in [7, 11) is 0. The van der Waals surface area contributed by atoms with Crippen LogP contribution in [-0.2, 0) is 19.5 Å². The van der Waals surface area contributed by atoms with Crippen molar-refractivity contribution in [1.29, 1.82) is 0 Å². The van der Waals surface area contributed by atoms with Crippen molar-refractivity contribution in [3.05, 3.63) is 125 Å². The predicted octanol–water partition coefficient (Wildman–Crippen LogP) is 4.98. The molecule has 1 atom stereocenters. The molecule has 4 rings (SSSR count). The lowest BCUT2D eigenvalue weighted by molar-refractivity contribution is 0.0695. The van der Waals surface area contributed by atoms with Gasteiger partial charge in [0.15, 0.2) is 0 Å². The number of carbonyl (C=O) groups is 1. The van der Waals surface area contributed by atoms with Crippen LogP contribution >= 0.6 is 0 Å². The molecule has 3 aromatic carbocycles. The molecule has 0 aliphatic carbocycles. The maximum atomic E-state index is 13.4. The summed E-state index contributed by atoms with van der Waals surface area (Å²) >= 11 is 0.